The molecule has 0 radical (unpaired) electrons. The molecule has 65 heavy (non-hydrogen) atoms. The molecule has 0 amide bonds. The minimum absolute atomic E-state index is 0.0549. The number of aliphatic hydroxyl groups is 10. The van der Waals surface area contributed by atoms with Gasteiger partial charge in [0.05, 0.1) is 44.2 Å². The Bertz CT molecular complexity index is 1750. The first-order valence-corrected chi connectivity index (χ1v) is 23.5. The van der Waals surface area contributed by atoms with Gasteiger partial charge in [-0.1, -0.05) is 44.6 Å². The van der Waals surface area contributed by atoms with E-state index in [-0.39, 0.29) is 67.2 Å². The van der Waals surface area contributed by atoms with Gasteiger partial charge in [-0.3, -0.25) is 4.79 Å². The number of rotatable bonds is 12. The van der Waals surface area contributed by atoms with E-state index in [2.05, 4.69) is 26.5 Å². The summed E-state index contributed by atoms with van der Waals surface area (Å²) in [6.45, 7) is 12.5. The Labute approximate surface area is 379 Å². The van der Waals surface area contributed by atoms with E-state index >= 15 is 0 Å². The summed E-state index contributed by atoms with van der Waals surface area (Å²) in [5, 5.41) is 106. The Morgan fingerprint density at radius 3 is 2.29 bits per heavy atom. The van der Waals surface area contributed by atoms with Gasteiger partial charge >= 0.3 is 5.97 Å². The number of carbonyl (C=O) groups is 1. The first-order chi connectivity index (χ1) is 30.6. The van der Waals surface area contributed by atoms with Crippen molar-refractivity contribution in [2.24, 2.45) is 40.4 Å². The molecule has 0 unspecified atom stereocenters. The maximum Gasteiger partial charge on any atom is 0.303 e. The van der Waals surface area contributed by atoms with Crippen LogP contribution in [0.25, 0.3) is 0 Å². The Morgan fingerprint density at radius 2 is 1.58 bits per heavy atom. The van der Waals surface area contributed by atoms with E-state index in [1.54, 1.807) is 0 Å². The number of fused-ring (bicyclic) bond motifs is 7. The van der Waals surface area contributed by atoms with E-state index in [4.69, 9.17) is 37.9 Å². The molecule has 4 aliphatic carbocycles. The fourth-order valence-electron chi connectivity index (χ4n) is 13.5. The Hall–Kier alpha value is -1.73. The highest BCUT2D eigenvalue weighted by Gasteiger charge is 2.69. The van der Waals surface area contributed by atoms with Gasteiger partial charge < -0.3 is 89.0 Å². The molecule has 0 aromatic heterocycles. The van der Waals surface area contributed by atoms with Gasteiger partial charge in [-0.05, 0) is 74.5 Å². The second kappa shape index (κ2) is 18.9. The molecule has 4 heterocycles. The molecule has 7 fully saturated rings. The van der Waals surface area contributed by atoms with Gasteiger partial charge in [0.2, 0.25) is 0 Å². The lowest BCUT2D eigenvalue weighted by molar-refractivity contribution is -0.363. The summed E-state index contributed by atoms with van der Waals surface area (Å²) < 4.78 is 48.3. The molecule has 0 aromatic rings. The third-order valence-corrected chi connectivity index (χ3v) is 17.1. The monoisotopic (exact) mass is 928 g/mol. The first kappa shape index (κ1) is 49.7. The van der Waals surface area contributed by atoms with Crippen molar-refractivity contribution >= 4 is 5.97 Å². The molecule has 0 aromatic carbocycles. The highest BCUT2D eigenvalue weighted by Crippen LogP contribution is 2.70. The zero-order valence-electron chi connectivity index (χ0n) is 37.9. The Kier molecular flexibility index (Phi) is 14.4. The van der Waals surface area contributed by atoms with Crippen molar-refractivity contribution in [2.75, 3.05) is 19.8 Å². The summed E-state index contributed by atoms with van der Waals surface area (Å²) in [6, 6.07) is 0. The Balaban J connectivity index is 0.957. The van der Waals surface area contributed by atoms with E-state index in [9.17, 15) is 55.9 Å². The van der Waals surface area contributed by atoms with Crippen molar-refractivity contribution < 1.29 is 93.8 Å². The molecule has 19 heteroatoms. The van der Waals surface area contributed by atoms with Crippen LogP contribution < -0.4 is 0 Å². The summed E-state index contributed by atoms with van der Waals surface area (Å²) in [7, 11) is 0. The smallest absolute Gasteiger partial charge is 0.303 e. The van der Waals surface area contributed by atoms with Crippen molar-refractivity contribution in [3.05, 3.63) is 23.8 Å². The van der Waals surface area contributed by atoms with E-state index < -0.39 is 122 Å². The fourth-order valence-corrected chi connectivity index (χ4v) is 13.5. The van der Waals surface area contributed by atoms with Crippen LogP contribution in [0.15, 0.2) is 23.8 Å². The highest BCUT2D eigenvalue weighted by molar-refractivity contribution is 5.66. The molecule has 25 atom stereocenters. The van der Waals surface area contributed by atoms with Crippen LogP contribution in [0, 0.1) is 40.4 Å². The number of esters is 1. The fraction of sp³-hybridized carbons (Fsp3) is 0.891. The number of aliphatic hydroxyl groups excluding tert-OH is 9. The summed E-state index contributed by atoms with van der Waals surface area (Å²) in [5.41, 5.74) is 0.937. The molecule has 8 rings (SSSR count). The standard InChI is InChI=1S/C46H72O19/c1-19(17-58-41-37(55)36(54)34(52)30(16-47)62-41)9-12-46(57)20(2)32-29(65-46)15-27-25-8-7-23-13-24(49)14-31(45(23,6)26(25)10-11-44(27,32)5)63-43-40(39(61-22(4)48)28(50)18-59-43)64-42-38(56)35(53)33(51)21(3)60-42/h7,20-21,24-43,47,49-57H,1,8-18H2,2-6H3/t20-,21-,24+,25+,26-,27-,28-,29-,30+,31+,32-,33-,34+,35+,36-,37+,38+,39-,40+,41+,42-,43-,44-,45-,46+/m0/s1. The molecule has 3 saturated carbocycles. The van der Waals surface area contributed by atoms with Crippen LogP contribution in [0.2, 0.25) is 0 Å². The molecular weight excluding hydrogens is 856 g/mol. The van der Waals surface area contributed by atoms with Gasteiger partial charge in [0.1, 0.15) is 48.8 Å². The predicted molar refractivity (Wildman–Crippen MR) is 222 cm³/mol. The lowest BCUT2D eigenvalue weighted by atomic mass is 9.46. The van der Waals surface area contributed by atoms with Crippen LogP contribution in [-0.2, 0) is 42.7 Å². The van der Waals surface area contributed by atoms with Gasteiger partial charge in [0, 0.05) is 31.1 Å². The number of hydrogen-bond donors (Lipinski definition) is 10. The number of hydrogen-bond acceptors (Lipinski definition) is 19. The van der Waals surface area contributed by atoms with Crippen LogP contribution in [0.1, 0.15) is 86.0 Å². The molecule has 4 aliphatic heterocycles. The summed E-state index contributed by atoms with van der Waals surface area (Å²) in [5.74, 6) is -1.71. The average molecular weight is 929 g/mol. The number of allylic oxidation sites excluding steroid dienone is 1. The maximum atomic E-state index is 12.3. The van der Waals surface area contributed by atoms with Crippen molar-refractivity contribution in [3.63, 3.8) is 0 Å². The number of ether oxygens (including phenoxy) is 8. The largest absolute Gasteiger partial charge is 0.457 e. The highest BCUT2D eigenvalue weighted by atomic mass is 16.8. The molecule has 0 spiro atoms. The summed E-state index contributed by atoms with van der Waals surface area (Å²) >= 11 is 0. The normalized spacial score (nSPS) is 53.0. The molecule has 0 bridgehead atoms. The van der Waals surface area contributed by atoms with E-state index in [1.807, 2.05) is 6.92 Å². The second-order valence-corrected chi connectivity index (χ2v) is 20.8. The van der Waals surface area contributed by atoms with Crippen LogP contribution >= 0.6 is 0 Å². The van der Waals surface area contributed by atoms with Crippen LogP contribution in [0.5, 0.6) is 0 Å². The third-order valence-electron chi connectivity index (χ3n) is 17.1. The second-order valence-electron chi connectivity index (χ2n) is 20.8. The van der Waals surface area contributed by atoms with Crippen molar-refractivity contribution in [1.29, 1.82) is 0 Å². The van der Waals surface area contributed by atoms with E-state index in [1.165, 1.54) is 13.8 Å². The number of carbonyl (C=O) groups excluding carboxylic acids is 1. The van der Waals surface area contributed by atoms with Gasteiger partial charge in [-0.15, -0.1) is 0 Å². The zero-order valence-corrected chi connectivity index (χ0v) is 37.9. The Morgan fingerprint density at radius 1 is 0.877 bits per heavy atom. The molecule has 4 saturated heterocycles. The third kappa shape index (κ3) is 8.81. The van der Waals surface area contributed by atoms with Gasteiger partial charge in [-0.25, -0.2) is 0 Å². The van der Waals surface area contributed by atoms with Gasteiger partial charge in [-0.2, -0.15) is 0 Å². The first-order valence-electron chi connectivity index (χ1n) is 23.5. The van der Waals surface area contributed by atoms with Crippen molar-refractivity contribution in [2.45, 2.75) is 196 Å². The van der Waals surface area contributed by atoms with Crippen LogP contribution in [0.4, 0.5) is 0 Å². The minimum atomic E-state index is -1.70. The lowest BCUT2D eigenvalue weighted by Crippen LogP contribution is -2.64. The predicted octanol–water partition coefficient (Wildman–Crippen LogP) is -0.731. The molecular formula is C46H72O19. The van der Waals surface area contributed by atoms with E-state index in [0.717, 1.165) is 31.3 Å². The average Bonchev–Trinajstić information content (AvgIpc) is 3.70. The van der Waals surface area contributed by atoms with Crippen molar-refractivity contribution in [3.8, 4) is 0 Å². The summed E-state index contributed by atoms with van der Waals surface area (Å²) in [6.07, 6.45) is -14.1. The molecule has 8 aliphatic rings. The zero-order chi connectivity index (χ0) is 47.1. The van der Waals surface area contributed by atoms with Crippen LogP contribution in [0.3, 0.4) is 0 Å². The van der Waals surface area contributed by atoms with E-state index in [0.29, 0.717) is 18.4 Å². The minimum Gasteiger partial charge on any atom is -0.457 e. The SMILES string of the molecule is C=C(CC[C@@]1(O)O[C@H]2C[C@H]3[C@@H]4CC=C5C[C@@H](O)C[C@@H](O[C@@H]6OC[C@H](O)[C@H](OC(C)=O)[C@H]6O[C@@H]6O[C@@H](C)[C@H](O)[C@@H](O)[C@H]6O)[C@]5(C)[C@H]4CC[C@]3(C)[C@H]2[C@@H]1C)CO[C@@H]1O[C@H](CO)[C@@H](O)[C@H](O)[C@H]1O. The topological polar surface area (TPSA) is 293 Å². The quantitative estimate of drug-likeness (QED) is 0.0853. The molecule has 370 valence electrons. The summed E-state index contributed by atoms with van der Waals surface area (Å²) in [4.78, 5) is 12.3. The van der Waals surface area contributed by atoms with Crippen molar-refractivity contribution in [1.82, 2.24) is 0 Å². The lowest BCUT2D eigenvalue weighted by Gasteiger charge is -2.60. The molecule has 10 N–H and O–H groups in total. The van der Waals surface area contributed by atoms with Crippen LogP contribution in [-0.4, -0.2) is 187 Å². The molecule has 19 nitrogen and oxygen atoms in total. The maximum absolute atomic E-state index is 12.3. The van der Waals surface area contributed by atoms with Gasteiger partial charge in [0.15, 0.2) is 36.9 Å². The van der Waals surface area contributed by atoms with Gasteiger partial charge in [0.25, 0.3) is 0 Å².